The molecule has 0 aromatic rings. The number of alkyl halides is 1. The van der Waals surface area contributed by atoms with E-state index in [4.69, 9.17) is 21.1 Å². The van der Waals surface area contributed by atoms with Gasteiger partial charge in [0, 0.05) is 26.1 Å². The van der Waals surface area contributed by atoms with Gasteiger partial charge in [0.25, 0.3) is 0 Å². The van der Waals surface area contributed by atoms with Crippen LogP contribution in [0.4, 0.5) is 0 Å². The summed E-state index contributed by atoms with van der Waals surface area (Å²) in [6, 6.07) is 0. The zero-order chi connectivity index (χ0) is 11.7. The Morgan fingerprint density at radius 2 is 1.94 bits per heavy atom. The molecule has 0 aliphatic heterocycles. The zero-order valence-electron chi connectivity index (χ0n) is 10.3. The van der Waals surface area contributed by atoms with Crippen molar-refractivity contribution in [2.75, 3.05) is 45.9 Å². The Hall–Kier alpha value is 0.170. The fraction of sp³-hybridized carbons (Fsp3) is 1.00. The summed E-state index contributed by atoms with van der Waals surface area (Å²) in [5.74, 6) is 0.782. The number of hydrogen-bond acceptors (Lipinski definition) is 3. The van der Waals surface area contributed by atoms with Crippen molar-refractivity contribution in [3.63, 3.8) is 0 Å². The molecular formula is C12H24ClNO2. The molecule has 4 heteroatoms. The molecule has 0 heterocycles. The maximum atomic E-state index is 6.06. The van der Waals surface area contributed by atoms with Crippen molar-refractivity contribution in [2.45, 2.75) is 25.7 Å². The Morgan fingerprint density at radius 1 is 1.19 bits per heavy atom. The molecule has 0 unspecified atom stereocenters. The van der Waals surface area contributed by atoms with Crippen molar-refractivity contribution in [1.29, 1.82) is 0 Å². The van der Waals surface area contributed by atoms with Crippen LogP contribution in [0.25, 0.3) is 0 Å². The molecule has 0 aromatic carbocycles. The van der Waals surface area contributed by atoms with Crippen LogP contribution in [0.3, 0.4) is 0 Å². The van der Waals surface area contributed by atoms with Crippen molar-refractivity contribution in [3.8, 4) is 0 Å². The van der Waals surface area contributed by atoms with Crippen LogP contribution in [0.15, 0.2) is 0 Å². The van der Waals surface area contributed by atoms with Gasteiger partial charge >= 0.3 is 0 Å². The van der Waals surface area contributed by atoms with E-state index in [2.05, 4.69) is 5.32 Å². The van der Waals surface area contributed by atoms with Crippen molar-refractivity contribution >= 4 is 11.6 Å². The fourth-order valence-corrected chi connectivity index (χ4v) is 2.59. The van der Waals surface area contributed by atoms with Crippen LogP contribution >= 0.6 is 11.6 Å². The largest absolute Gasteiger partial charge is 0.382 e. The first-order valence-corrected chi connectivity index (χ1v) is 6.70. The third-order valence-corrected chi connectivity index (χ3v) is 3.87. The fourth-order valence-electron chi connectivity index (χ4n) is 2.22. The molecule has 96 valence electrons. The van der Waals surface area contributed by atoms with Crippen LogP contribution in [0.5, 0.6) is 0 Å². The summed E-state index contributed by atoms with van der Waals surface area (Å²) in [6.45, 7) is 4.04. The number of rotatable bonds is 9. The standard InChI is InChI=1S/C12H24ClNO2/c1-15-8-9-16-7-6-14-11-12(10-13)4-2-3-5-12/h14H,2-11H2,1H3. The molecular weight excluding hydrogens is 226 g/mol. The molecule has 0 saturated heterocycles. The highest BCUT2D eigenvalue weighted by Crippen LogP contribution is 2.38. The van der Waals surface area contributed by atoms with Gasteiger partial charge < -0.3 is 14.8 Å². The molecule has 0 amide bonds. The molecule has 1 fully saturated rings. The van der Waals surface area contributed by atoms with E-state index in [1.807, 2.05) is 0 Å². The lowest BCUT2D eigenvalue weighted by Crippen LogP contribution is -2.35. The van der Waals surface area contributed by atoms with Crippen LogP contribution < -0.4 is 5.32 Å². The second-order valence-electron chi connectivity index (χ2n) is 4.62. The minimum absolute atomic E-state index is 0.355. The highest BCUT2D eigenvalue weighted by molar-refractivity contribution is 6.18. The smallest absolute Gasteiger partial charge is 0.0700 e. The topological polar surface area (TPSA) is 30.5 Å². The molecule has 1 N–H and O–H groups in total. The minimum atomic E-state index is 0.355. The van der Waals surface area contributed by atoms with E-state index in [1.165, 1.54) is 25.7 Å². The predicted molar refractivity (Wildman–Crippen MR) is 67.2 cm³/mol. The number of nitrogens with one attached hydrogen (secondary N) is 1. The average Bonchev–Trinajstić information content (AvgIpc) is 2.77. The first-order chi connectivity index (χ1) is 7.83. The van der Waals surface area contributed by atoms with Crippen LogP contribution in [-0.2, 0) is 9.47 Å². The normalized spacial score (nSPS) is 19.1. The van der Waals surface area contributed by atoms with Gasteiger partial charge in [-0.2, -0.15) is 0 Å². The second-order valence-corrected chi connectivity index (χ2v) is 4.89. The van der Waals surface area contributed by atoms with E-state index < -0.39 is 0 Å². The molecule has 1 aliphatic rings. The van der Waals surface area contributed by atoms with Crippen molar-refractivity contribution in [2.24, 2.45) is 5.41 Å². The van der Waals surface area contributed by atoms with Crippen molar-refractivity contribution in [3.05, 3.63) is 0 Å². The average molecular weight is 250 g/mol. The van der Waals surface area contributed by atoms with Gasteiger partial charge in [0.05, 0.1) is 19.8 Å². The van der Waals surface area contributed by atoms with E-state index in [-0.39, 0.29) is 0 Å². The maximum absolute atomic E-state index is 6.06. The van der Waals surface area contributed by atoms with Gasteiger partial charge in [0.15, 0.2) is 0 Å². The molecule has 16 heavy (non-hydrogen) atoms. The summed E-state index contributed by atoms with van der Waals surface area (Å²) in [5, 5.41) is 3.45. The molecule has 1 saturated carbocycles. The van der Waals surface area contributed by atoms with E-state index in [9.17, 15) is 0 Å². The third kappa shape index (κ3) is 5.00. The Bertz CT molecular complexity index is 172. The first-order valence-electron chi connectivity index (χ1n) is 6.16. The number of hydrogen-bond donors (Lipinski definition) is 1. The molecule has 1 rings (SSSR count). The Labute approximate surface area is 104 Å². The van der Waals surface area contributed by atoms with Gasteiger partial charge in [-0.05, 0) is 18.3 Å². The molecule has 1 aliphatic carbocycles. The first kappa shape index (κ1) is 14.2. The summed E-state index contributed by atoms with van der Waals surface area (Å²) in [7, 11) is 1.69. The molecule has 0 radical (unpaired) electrons. The van der Waals surface area contributed by atoms with Crippen LogP contribution in [0, 0.1) is 5.41 Å². The lowest BCUT2D eigenvalue weighted by atomic mass is 9.88. The third-order valence-electron chi connectivity index (χ3n) is 3.30. The van der Waals surface area contributed by atoms with Gasteiger partial charge in [0.2, 0.25) is 0 Å². The van der Waals surface area contributed by atoms with Gasteiger partial charge in [-0.3, -0.25) is 0 Å². The number of ether oxygens (including phenoxy) is 2. The highest BCUT2D eigenvalue weighted by atomic mass is 35.5. The molecule has 0 spiro atoms. The van der Waals surface area contributed by atoms with Crippen LogP contribution in [-0.4, -0.2) is 45.9 Å². The van der Waals surface area contributed by atoms with Crippen LogP contribution in [0.1, 0.15) is 25.7 Å². The molecule has 0 aromatic heterocycles. The lowest BCUT2D eigenvalue weighted by molar-refractivity contribution is 0.0711. The highest BCUT2D eigenvalue weighted by Gasteiger charge is 2.32. The summed E-state index contributed by atoms with van der Waals surface area (Å²) in [6.07, 6.45) is 5.21. The Balaban J connectivity index is 1.97. The summed E-state index contributed by atoms with van der Waals surface area (Å²) < 4.78 is 10.3. The van der Waals surface area contributed by atoms with Gasteiger partial charge in [-0.1, -0.05) is 12.8 Å². The Morgan fingerprint density at radius 3 is 2.56 bits per heavy atom. The van der Waals surface area contributed by atoms with E-state index in [1.54, 1.807) is 7.11 Å². The minimum Gasteiger partial charge on any atom is -0.382 e. The second kappa shape index (κ2) is 8.29. The Kier molecular flexibility index (Phi) is 7.37. The summed E-state index contributed by atoms with van der Waals surface area (Å²) in [4.78, 5) is 0. The summed E-state index contributed by atoms with van der Waals surface area (Å²) >= 11 is 6.06. The predicted octanol–water partition coefficient (Wildman–Crippen LogP) is 2.04. The summed E-state index contributed by atoms with van der Waals surface area (Å²) in [5.41, 5.74) is 0.355. The van der Waals surface area contributed by atoms with Crippen molar-refractivity contribution in [1.82, 2.24) is 5.32 Å². The van der Waals surface area contributed by atoms with Crippen molar-refractivity contribution < 1.29 is 9.47 Å². The monoisotopic (exact) mass is 249 g/mol. The zero-order valence-corrected chi connectivity index (χ0v) is 11.0. The van der Waals surface area contributed by atoms with Gasteiger partial charge in [-0.25, -0.2) is 0 Å². The number of halogens is 1. The van der Waals surface area contributed by atoms with Gasteiger partial charge in [-0.15, -0.1) is 11.6 Å². The SMILES string of the molecule is COCCOCCNCC1(CCl)CCCC1. The van der Waals surface area contributed by atoms with Crippen LogP contribution in [0.2, 0.25) is 0 Å². The van der Waals surface area contributed by atoms with E-state index in [0.717, 1.165) is 25.6 Å². The molecule has 0 bridgehead atoms. The number of methoxy groups -OCH3 is 1. The van der Waals surface area contributed by atoms with Gasteiger partial charge in [0.1, 0.15) is 0 Å². The lowest BCUT2D eigenvalue weighted by Gasteiger charge is -2.26. The van der Waals surface area contributed by atoms with E-state index >= 15 is 0 Å². The quantitative estimate of drug-likeness (QED) is 0.501. The van der Waals surface area contributed by atoms with E-state index in [0.29, 0.717) is 18.6 Å². The molecule has 0 atom stereocenters. The molecule has 3 nitrogen and oxygen atoms in total. The maximum Gasteiger partial charge on any atom is 0.0700 e.